The van der Waals surface area contributed by atoms with Crippen molar-refractivity contribution < 1.29 is 14.3 Å². The predicted molar refractivity (Wildman–Crippen MR) is 116 cm³/mol. The van der Waals surface area contributed by atoms with E-state index in [1.807, 2.05) is 6.07 Å². The zero-order valence-corrected chi connectivity index (χ0v) is 17.0. The highest BCUT2D eigenvalue weighted by Crippen LogP contribution is 2.27. The van der Waals surface area contributed by atoms with E-state index in [4.69, 9.17) is 9.47 Å². The van der Waals surface area contributed by atoms with Crippen molar-refractivity contribution in [3.05, 3.63) is 88.6 Å². The van der Waals surface area contributed by atoms with Gasteiger partial charge in [0.1, 0.15) is 17.2 Å². The fourth-order valence-electron chi connectivity index (χ4n) is 3.25. The zero-order chi connectivity index (χ0) is 21.8. The maximum Gasteiger partial charge on any atom is 0.279 e. The second-order valence-electron chi connectivity index (χ2n) is 6.69. The van der Waals surface area contributed by atoms with Gasteiger partial charge < -0.3 is 14.8 Å². The molecule has 0 unspecified atom stereocenters. The molecular weight excluding hydrogens is 396 g/mol. The molecule has 2 heterocycles. The van der Waals surface area contributed by atoms with Gasteiger partial charge in [0.25, 0.3) is 11.5 Å². The quantitative estimate of drug-likeness (QED) is 0.519. The molecule has 8 nitrogen and oxygen atoms in total. The smallest absolute Gasteiger partial charge is 0.279 e. The van der Waals surface area contributed by atoms with E-state index in [1.165, 1.54) is 11.8 Å². The number of nitrogens with one attached hydrogen (secondary N) is 1. The molecule has 31 heavy (non-hydrogen) atoms. The lowest BCUT2D eigenvalue weighted by Crippen LogP contribution is -2.30. The molecule has 0 saturated carbocycles. The van der Waals surface area contributed by atoms with Gasteiger partial charge in [-0.25, -0.2) is 0 Å². The molecule has 0 bridgehead atoms. The molecule has 1 N–H and O–H groups in total. The van der Waals surface area contributed by atoms with Crippen molar-refractivity contribution in [3.8, 4) is 17.2 Å². The van der Waals surface area contributed by atoms with Gasteiger partial charge in [-0.3, -0.25) is 14.6 Å². The third-order valence-electron chi connectivity index (χ3n) is 4.81. The van der Waals surface area contributed by atoms with Crippen LogP contribution in [0.4, 0.5) is 0 Å². The van der Waals surface area contributed by atoms with Crippen LogP contribution >= 0.6 is 0 Å². The monoisotopic (exact) mass is 416 g/mol. The van der Waals surface area contributed by atoms with E-state index in [9.17, 15) is 9.59 Å². The van der Waals surface area contributed by atoms with E-state index in [-0.39, 0.29) is 17.8 Å². The first kappa shape index (κ1) is 20.1. The van der Waals surface area contributed by atoms with Crippen molar-refractivity contribution in [2.45, 2.75) is 6.54 Å². The van der Waals surface area contributed by atoms with Crippen LogP contribution in [0.1, 0.15) is 16.1 Å². The van der Waals surface area contributed by atoms with E-state index in [1.54, 1.807) is 68.0 Å². The minimum Gasteiger partial charge on any atom is -0.497 e. The van der Waals surface area contributed by atoms with E-state index in [0.29, 0.717) is 28.0 Å². The predicted octanol–water partition coefficient (Wildman–Crippen LogP) is 2.73. The van der Waals surface area contributed by atoms with E-state index in [2.05, 4.69) is 15.4 Å². The summed E-state index contributed by atoms with van der Waals surface area (Å²) >= 11 is 0. The molecule has 4 rings (SSSR count). The topological polar surface area (TPSA) is 95.3 Å². The highest BCUT2D eigenvalue weighted by molar-refractivity contribution is 6.04. The molecule has 0 spiro atoms. The summed E-state index contributed by atoms with van der Waals surface area (Å²) in [4.78, 5) is 30.2. The number of fused-ring (bicyclic) bond motifs is 1. The lowest BCUT2D eigenvalue weighted by atomic mass is 10.1. The fraction of sp³-hybridized carbons (Fsp3) is 0.130. The number of ether oxygens (including phenoxy) is 2. The van der Waals surface area contributed by atoms with Crippen LogP contribution in [-0.4, -0.2) is 34.9 Å². The molecule has 4 aromatic rings. The van der Waals surface area contributed by atoms with Crippen molar-refractivity contribution in [2.24, 2.45) is 0 Å². The molecule has 2 aromatic heterocycles. The third kappa shape index (κ3) is 3.95. The van der Waals surface area contributed by atoms with Crippen LogP contribution in [-0.2, 0) is 6.54 Å². The Labute approximate surface area is 178 Å². The fourth-order valence-corrected chi connectivity index (χ4v) is 3.25. The summed E-state index contributed by atoms with van der Waals surface area (Å²) in [7, 11) is 3.03. The molecule has 0 aliphatic carbocycles. The number of nitrogens with zero attached hydrogens (tertiary/aromatic N) is 3. The minimum atomic E-state index is -0.402. The van der Waals surface area contributed by atoms with Crippen molar-refractivity contribution in [3.63, 3.8) is 0 Å². The molecule has 0 fully saturated rings. The Hall–Kier alpha value is -4.20. The average Bonchev–Trinajstić information content (AvgIpc) is 2.83. The molecule has 0 radical (unpaired) electrons. The van der Waals surface area contributed by atoms with Crippen molar-refractivity contribution >= 4 is 16.7 Å². The molecule has 8 heteroatoms. The van der Waals surface area contributed by atoms with Crippen LogP contribution in [0.5, 0.6) is 11.5 Å². The van der Waals surface area contributed by atoms with Gasteiger partial charge in [-0.05, 0) is 29.8 Å². The maximum atomic E-state index is 13.2. The number of carbonyl (C=O) groups is 1. The lowest BCUT2D eigenvalue weighted by molar-refractivity contribution is 0.0946. The Morgan fingerprint density at radius 1 is 1.03 bits per heavy atom. The van der Waals surface area contributed by atoms with Gasteiger partial charge in [-0.1, -0.05) is 24.3 Å². The van der Waals surface area contributed by atoms with Gasteiger partial charge in [0.05, 0.1) is 19.6 Å². The minimum absolute atomic E-state index is 0.136. The second kappa shape index (κ2) is 8.66. The van der Waals surface area contributed by atoms with Gasteiger partial charge in [0.2, 0.25) is 0 Å². The first-order valence-electron chi connectivity index (χ1n) is 9.54. The largest absolute Gasteiger partial charge is 0.497 e. The van der Waals surface area contributed by atoms with Crippen molar-refractivity contribution in [1.29, 1.82) is 0 Å². The molecule has 1 amide bonds. The van der Waals surface area contributed by atoms with E-state index < -0.39 is 5.91 Å². The summed E-state index contributed by atoms with van der Waals surface area (Å²) in [5.41, 5.74) is 1.03. The zero-order valence-electron chi connectivity index (χ0n) is 17.0. The van der Waals surface area contributed by atoms with Gasteiger partial charge in [0, 0.05) is 30.4 Å². The molecule has 0 aliphatic rings. The molecule has 0 aliphatic heterocycles. The van der Waals surface area contributed by atoms with Crippen LogP contribution in [0.25, 0.3) is 16.5 Å². The Morgan fingerprint density at radius 2 is 1.84 bits per heavy atom. The summed E-state index contributed by atoms with van der Waals surface area (Å²) in [5.74, 6) is 0.566. The van der Waals surface area contributed by atoms with Crippen LogP contribution in [0.2, 0.25) is 0 Å². The second-order valence-corrected chi connectivity index (χ2v) is 6.69. The number of hydrogen-bond acceptors (Lipinski definition) is 6. The summed E-state index contributed by atoms with van der Waals surface area (Å²) in [6.45, 7) is 0.285. The number of amides is 1. The first-order valence-corrected chi connectivity index (χ1v) is 9.54. The molecule has 0 atom stereocenters. The Kier molecular flexibility index (Phi) is 5.61. The maximum absolute atomic E-state index is 13.2. The van der Waals surface area contributed by atoms with Gasteiger partial charge in [-0.15, -0.1) is 0 Å². The Bertz CT molecular complexity index is 1300. The average molecular weight is 416 g/mol. The third-order valence-corrected chi connectivity index (χ3v) is 4.81. The number of carbonyl (C=O) groups excluding carboxylic acids is 1. The van der Waals surface area contributed by atoms with Crippen molar-refractivity contribution in [2.75, 3.05) is 14.2 Å². The Balaban J connectivity index is 1.82. The number of rotatable bonds is 6. The normalized spacial score (nSPS) is 10.6. The summed E-state index contributed by atoms with van der Waals surface area (Å²) in [6, 6.07) is 15.6. The number of aromatic nitrogens is 3. The number of methoxy groups -OCH3 is 2. The molecule has 0 saturated heterocycles. The first-order chi connectivity index (χ1) is 15.1. The summed E-state index contributed by atoms with van der Waals surface area (Å²) in [5, 5.41) is 8.10. The van der Waals surface area contributed by atoms with Crippen LogP contribution < -0.4 is 20.3 Å². The Morgan fingerprint density at radius 3 is 2.55 bits per heavy atom. The van der Waals surface area contributed by atoms with Crippen LogP contribution in [0.3, 0.4) is 0 Å². The highest BCUT2D eigenvalue weighted by Gasteiger charge is 2.19. The summed E-state index contributed by atoms with van der Waals surface area (Å²) in [6.07, 6.45) is 3.34. The number of pyridine rings is 1. The van der Waals surface area contributed by atoms with Gasteiger partial charge >= 0.3 is 0 Å². The SMILES string of the molecule is COc1ccc(-n2nc(C(=O)NCc3cccnc3)c3ccccc3c2=O)c(OC)c1. The highest BCUT2D eigenvalue weighted by atomic mass is 16.5. The van der Waals surface area contributed by atoms with Crippen LogP contribution in [0, 0.1) is 0 Å². The van der Waals surface area contributed by atoms with E-state index in [0.717, 1.165) is 5.56 Å². The van der Waals surface area contributed by atoms with Crippen molar-refractivity contribution in [1.82, 2.24) is 20.1 Å². The summed E-state index contributed by atoms with van der Waals surface area (Å²) < 4.78 is 11.8. The van der Waals surface area contributed by atoms with Crippen LogP contribution in [0.15, 0.2) is 71.8 Å². The number of hydrogen-bond donors (Lipinski definition) is 1. The lowest BCUT2D eigenvalue weighted by Gasteiger charge is -2.14. The van der Waals surface area contributed by atoms with Gasteiger partial charge in [0.15, 0.2) is 5.69 Å². The molecular formula is C23H20N4O4. The van der Waals surface area contributed by atoms with Gasteiger partial charge in [-0.2, -0.15) is 9.78 Å². The standard InChI is InChI=1S/C23H20N4O4/c1-30-16-9-10-19(20(12-16)31-2)27-23(29)18-8-4-3-7-17(18)21(26-27)22(28)25-14-15-6-5-11-24-13-15/h3-13H,14H2,1-2H3,(H,25,28). The molecule has 156 valence electrons. The molecule has 2 aromatic carbocycles. The van der Waals surface area contributed by atoms with E-state index >= 15 is 0 Å². The number of benzene rings is 2.